The lowest BCUT2D eigenvalue weighted by Gasteiger charge is -2.33. The Morgan fingerprint density at radius 1 is 1.09 bits per heavy atom. The van der Waals surface area contributed by atoms with Crippen molar-refractivity contribution in [2.75, 3.05) is 5.32 Å². The van der Waals surface area contributed by atoms with E-state index in [4.69, 9.17) is 4.42 Å². The number of phenolic OH excluding ortho intramolecular Hbond substituents is 1. The van der Waals surface area contributed by atoms with Crippen LogP contribution in [0.4, 0.5) is 5.69 Å². The maximum Gasteiger partial charge on any atom is 0.221 e. The van der Waals surface area contributed by atoms with E-state index < -0.39 is 5.54 Å². The quantitative estimate of drug-likeness (QED) is 0.695. The molecule has 0 aliphatic heterocycles. The van der Waals surface area contributed by atoms with Crippen LogP contribution in [-0.2, 0) is 5.54 Å². The summed E-state index contributed by atoms with van der Waals surface area (Å²) in [6.07, 6.45) is 0. The van der Waals surface area contributed by atoms with Crippen LogP contribution in [0.5, 0.6) is 5.75 Å². The van der Waals surface area contributed by atoms with Crippen molar-refractivity contribution in [3.05, 3.63) is 54.4 Å². The van der Waals surface area contributed by atoms with Gasteiger partial charge in [-0.2, -0.15) is 0 Å². The molecule has 1 aromatic heterocycles. The summed E-state index contributed by atoms with van der Waals surface area (Å²) in [6.45, 7) is 6.23. The Labute approximate surface area is 129 Å². The van der Waals surface area contributed by atoms with E-state index in [1.54, 1.807) is 12.1 Å². The molecule has 0 unspecified atom stereocenters. The molecule has 0 fully saturated rings. The average molecular weight is 296 g/mol. The lowest BCUT2D eigenvalue weighted by molar-refractivity contribution is 0.305. The Bertz CT molecular complexity index is 761. The Kier molecular flexibility index (Phi) is 3.53. The van der Waals surface area contributed by atoms with Gasteiger partial charge >= 0.3 is 0 Å². The average Bonchev–Trinajstić information content (AvgIpc) is 2.94. The molecule has 2 aromatic carbocycles. The van der Waals surface area contributed by atoms with Crippen LogP contribution < -0.4 is 5.32 Å². The van der Waals surface area contributed by atoms with Crippen LogP contribution in [-0.4, -0.2) is 10.1 Å². The number of hydrogen-bond donors (Lipinski definition) is 2. The van der Waals surface area contributed by atoms with Crippen LogP contribution in [0.25, 0.3) is 11.1 Å². The van der Waals surface area contributed by atoms with Gasteiger partial charge in [-0.1, -0.05) is 38.1 Å². The summed E-state index contributed by atoms with van der Waals surface area (Å²) in [5.41, 5.74) is 1.74. The fraction of sp³-hybridized carbons (Fsp3) is 0.278. The molecule has 0 aliphatic carbocycles. The largest absolute Gasteiger partial charge is 0.506 e. The van der Waals surface area contributed by atoms with Crippen LogP contribution >= 0.6 is 0 Å². The zero-order valence-corrected chi connectivity index (χ0v) is 13.0. The molecule has 2 N–H and O–H groups in total. The van der Waals surface area contributed by atoms with Gasteiger partial charge in [-0.25, -0.2) is 4.98 Å². The minimum absolute atomic E-state index is 0.208. The van der Waals surface area contributed by atoms with Gasteiger partial charge in [-0.15, -0.1) is 0 Å². The summed E-state index contributed by atoms with van der Waals surface area (Å²) < 4.78 is 5.95. The molecule has 3 aromatic rings. The Balaban J connectivity index is 2.06. The first kappa shape index (κ1) is 14.4. The molecule has 1 heterocycles. The lowest BCUT2D eigenvalue weighted by atomic mass is 9.87. The molecular formula is C18H20N2O2. The Morgan fingerprint density at radius 2 is 1.77 bits per heavy atom. The van der Waals surface area contributed by atoms with Gasteiger partial charge in [0.25, 0.3) is 0 Å². The topological polar surface area (TPSA) is 58.3 Å². The third-order valence-electron chi connectivity index (χ3n) is 4.19. The van der Waals surface area contributed by atoms with Crippen molar-refractivity contribution in [3.63, 3.8) is 0 Å². The minimum atomic E-state index is -0.530. The third-order valence-corrected chi connectivity index (χ3v) is 4.19. The van der Waals surface area contributed by atoms with Crippen molar-refractivity contribution in [1.29, 1.82) is 0 Å². The zero-order valence-electron chi connectivity index (χ0n) is 13.0. The van der Waals surface area contributed by atoms with E-state index in [2.05, 4.69) is 24.1 Å². The summed E-state index contributed by atoms with van der Waals surface area (Å²) >= 11 is 0. The molecule has 0 amide bonds. The maximum absolute atomic E-state index is 10.0. The number of hydrogen-bond acceptors (Lipinski definition) is 4. The summed E-state index contributed by atoms with van der Waals surface area (Å²) in [6, 6.07) is 14.9. The highest BCUT2D eigenvalue weighted by Gasteiger charge is 2.36. The van der Waals surface area contributed by atoms with Crippen LogP contribution in [0.2, 0.25) is 0 Å². The summed E-state index contributed by atoms with van der Waals surface area (Å²) in [5.74, 6) is 1.04. The molecule has 0 bridgehead atoms. The number of aromatic hydroxyl groups is 1. The van der Waals surface area contributed by atoms with Gasteiger partial charge in [0.15, 0.2) is 5.58 Å². The van der Waals surface area contributed by atoms with Crippen LogP contribution in [0, 0.1) is 5.92 Å². The van der Waals surface area contributed by atoms with E-state index in [1.165, 1.54) is 0 Å². The van der Waals surface area contributed by atoms with E-state index in [0.717, 1.165) is 11.1 Å². The fourth-order valence-corrected chi connectivity index (χ4v) is 2.40. The summed E-state index contributed by atoms with van der Waals surface area (Å²) in [4.78, 5) is 4.62. The number of para-hydroxylation sites is 4. The molecule has 1 atom stereocenters. The third kappa shape index (κ3) is 2.41. The molecule has 0 aliphatic rings. The van der Waals surface area contributed by atoms with Crippen molar-refractivity contribution >= 4 is 16.8 Å². The van der Waals surface area contributed by atoms with Gasteiger partial charge < -0.3 is 14.8 Å². The SMILES string of the molecule is CC(C)[C@](C)(Nc1ccccc1O)c1nc2ccccc2o1. The number of phenols is 1. The number of nitrogens with zero attached hydrogens (tertiary/aromatic N) is 1. The number of aromatic nitrogens is 1. The number of rotatable bonds is 4. The highest BCUT2D eigenvalue weighted by Crippen LogP contribution is 2.36. The van der Waals surface area contributed by atoms with Gasteiger partial charge in [0, 0.05) is 0 Å². The zero-order chi connectivity index (χ0) is 15.7. The molecule has 22 heavy (non-hydrogen) atoms. The molecule has 0 saturated heterocycles. The molecule has 0 spiro atoms. The van der Waals surface area contributed by atoms with Crippen molar-refractivity contribution in [1.82, 2.24) is 4.98 Å². The van der Waals surface area contributed by atoms with Gasteiger partial charge in [-0.05, 0) is 37.1 Å². The van der Waals surface area contributed by atoms with E-state index in [-0.39, 0.29) is 11.7 Å². The monoisotopic (exact) mass is 296 g/mol. The molecule has 4 nitrogen and oxygen atoms in total. The molecule has 4 heteroatoms. The van der Waals surface area contributed by atoms with Gasteiger partial charge in [-0.3, -0.25) is 0 Å². The number of anilines is 1. The number of oxazole rings is 1. The normalized spacial score (nSPS) is 14.2. The summed E-state index contributed by atoms with van der Waals surface area (Å²) in [5, 5.41) is 13.4. The van der Waals surface area contributed by atoms with Gasteiger partial charge in [0.2, 0.25) is 5.89 Å². The van der Waals surface area contributed by atoms with Crippen molar-refractivity contribution in [2.24, 2.45) is 5.92 Å². The van der Waals surface area contributed by atoms with E-state index in [1.807, 2.05) is 43.3 Å². The molecule has 0 radical (unpaired) electrons. The van der Waals surface area contributed by atoms with Crippen LogP contribution in [0.1, 0.15) is 26.7 Å². The van der Waals surface area contributed by atoms with Crippen molar-refractivity contribution < 1.29 is 9.52 Å². The molecule has 3 rings (SSSR count). The van der Waals surface area contributed by atoms with Crippen molar-refractivity contribution in [2.45, 2.75) is 26.3 Å². The van der Waals surface area contributed by atoms with E-state index >= 15 is 0 Å². The minimum Gasteiger partial charge on any atom is -0.506 e. The Hall–Kier alpha value is -2.49. The van der Waals surface area contributed by atoms with E-state index in [9.17, 15) is 5.11 Å². The van der Waals surface area contributed by atoms with E-state index in [0.29, 0.717) is 11.6 Å². The number of fused-ring (bicyclic) bond motifs is 1. The first-order chi connectivity index (χ1) is 10.5. The molecule has 0 saturated carbocycles. The Morgan fingerprint density at radius 3 is 2.45 bits per heavy atom. The second-order valence-corrected chi connectivity index (χ2v) is 5.99. The lowest BCUT2D eigenvalue weighted by Crippen LogP contribution is -2.37. The first-order valence-corrected chi connectivity index (χ1v) is 7.43. The predicted molar refractivity (Wildman–Crippen MR) is 87.9 cm³/mol. The highest BCUT2D eigenvalue weighted by molar-refractivity contribution is 5.72. The summed E-state index contributed by atoms with van der Waals surface area (Å²) in [7, 11) is 0. The fourth-order valence-electron chi connectivity index (χ4n) is 2.40. The van der Waals surface area contributed by atoms with Gasteiger partial charge in [0.1, 0.15) is 16.8 Å². The highest BCUT2D eigenvalue weighted by atomic mass is 16.4. The molecular weight excluding hydrogens is 276 g/mol. The maximum atomic E-state index is 10.0. The van der Waals surface area contributed by atoms with Crippen LogP contribution in [0.15, 0.2) is 52.9 Å². The smallest absolute Gasteiger partial charge is 0.221 e. The standard InChI is InChI=1S/C18H20N2O2/c1-12(2)18(3,20-13-8-4-6-10-15(13)21)17-19-14-9-5-7-11-16(14)22-17/h4-12,20-21H,1-3H3/t18-/m0/s1. The van der Waals surface area contributed by atoms with Crippen molar-refractivity contribution in [3.8, 4) is 5.75 Å². The second kappa shape index (κ2) is 5.37. The van der Waals surface area contributed by atoms with Gasteiger partial charge in [0.05, 0.1) is 5.69 Å². The first-order valence-electron chi connectivity index (χ1n) is 7.43. The van der Waals surface area contributed by atoms with Crippen LogP contribution in [0.3, 0.4) is 0 Å². The predicted octanol–water partition coefficient (Wildman–Crippen LogP) is 4.52. The second-order valence-electron chi connectivity index (χ2n) is 5.99. The number of benzene rings is 2. The number of nitrogens with one attached hydrogen (secondary N) is 1. The molecule has 114 valence electrons.